The fraction of sp³-hybridized carbons (Fsp3) is 0.917. The average molecular weight is 280 g/mol. The predicted octanol–water partition coefficient (Wildman–Crippen LogP) is 0.948. The number of hydrogen-bond donors (Lipinski definition) is 3. The second kappa shape index (κ2) is 5.28. The molecule has 0 aromatic rings. The third-order valence-corrected chi connectivity index (χ3v) is 4.11. The summed E-state index contributed by atoms with van der Waals surface area (Å²) in [5.74, 6) is -0.955. The first-order valence-corrected chi connectivity index (χ1v) is 6.62. The summed E-state index contributed by atoms with van der Waals surface area (Å²) in [6.45, 7) is -0.169. The van der Waals surface area contributed by atoms with Crippen LogP contribution in [-0.4, -0.2) is 42.4 Å². The maximum absolute atomic E-state index is 13.1. The molecule has 110 valence electrons. The van der Waals surface area contributed by atoms with Crippen molar-refractivity contribution >= 4 is 5.91 Å². The van der Waals surface area contributed by atoms with Crippen LogP contribution >= 0.6 is 0 Å². The van der Waals surface area contributed by atoms with E-state index in [1.54, 1.807) is 0 Å². The van der Waals surface area contributed by atoms with Gasteiger partial charge in [0.05, 0.1) is 6.10 Å². The Balaban J connectivity index is 2.04. The Morgan fingerprint density at radius 2 is 2.11 bits per heavy atom. The van der Waals surface area contributed by atoms with Crippen molar-refractivity contribution in [2.24, 2.45) is 5.41 Å². The van der Waals surface area contributed by atoms with Crippen LogP contribution in [-0.2, 0) is 4.79 Å². The van der Waals surface area contributed by atoms with Crippen molar-refractivity contribution in [3.05, 3.63) is 0 Å². The molecule has 2 rings (SSSR count). The molecule has 0 spiro atoms. The molecule has 2 fully saturated rings. The molecule has 0 radical (unpaired) electrons. The molecule has 1 aliphatic carbocycles. The van der Waals surface area contributed by atoms with Gasteiger partial charge in [0.25, 0.3) is 0 Å². The van der Waals surface area contributed by atoms with Crippen molar-refractivity contribution in [3.8, 4) is 0 Å². The predicted molar refractivity (Wildman–Crippen MR) is 62.4 cm³/mol. The smallest absolute Gasteiger partial charge is 0.393 e. The number of alkyl halides is 3. The fourth-order valence-electron chi connectivity index (χ4n) is 2.88. The van der Waals surface area contributed by atoms with E-state index < -0.39 is 23.6 Å². The van der Waals surface area contributed by atoms with Gasteiger partial charge >= 0.3 is 6.18 Å². The summed E-state index contributed by atoms with van der Waals surface area (Å²) in [4.78, 5) is 12.0. The second-order valence-corrected chi connectivity index (χ2v) is 5.50. The van der Waals surface area contributed by atoms with Crippen LogP contribution in [0.4, 0.5) is 13.2 Å². The summed E-state index contributed by atoms with van der Waals surface area (Å²) < 4.78 is 39.4. The Morgan fingerprint density at radius 3 is 2.63 bits per heavy atom. The summed E-state index contributed by atoms with van der Waals surface area (Å²) in [6, 6.07) is -0.351. The van der Waals surface area contributed by atoms with Crippen LogP contribution in [0.3, 0.4) is 0 Å². The molecular weight excluding hydrogens is 261 g/mol. The van der Waals surface area contributed by atoms with Gasteiger partial charge in [0.15, 0.2) is 5.41 Å². The first-order chi connectivity index (χ1) is 8.85. The highest BCUT2D eigenvalue weighted by Crippen LogP contribution is 2.43. The fourth-order valence-corrected chi connectivity index (χ4v) is 2.88. The van der Waals surface area contributed by atoms with E-state index in [4.69, 9.17) is 0 Å². The molecule has 1 heterocycles. The lowest BCUT2D eigenvalue weighted by Crippen LogP contribution is -2.55. The van der Waals surface area contributed by atoms with E-state index >= 15 is 0 Å². The van der Waals surface area contributed by atoms with Crippen LogP contribution in [0, 0.1) is 5.41 Å². The number of rotatable bonds is 2. The van der Waals surface area contributed by atoms with Gasteiger partial charge in [-0.3, -0.25) is 4.79 Å². The quantitative estimate of drug-likeness (QED) is 0.706. The minimum absolute atomic E-state index is 0.195. The summed E-state index contributed by atoms with van der Waals surface area (Å²) in [5, 5.41) is 14.6. The number of aliphatic hydroxyl groups excluding tert-OH is 1. The molecular formula is C12H19F3N2O2. The van der Waals surface area contributed by atoms with Gasteiger partial charge in [-0.05, 0) is 38.6 Å². The van der Waals surface area contributed by atoms with Gasteiger partial charge in [0.1, 0.15) is 0 Å². The third-order valence-electron chi connectivity index (χ3n) is 4.11. The van der Waals surface area contributed by atoms with Crippen LogP contribution in [0.1, 0.15) is 32.1 Å². The van der Waals surface area contributed by atoms with Gasteiger partial charge in [-0.15, -0.1) is 0 Å². The monoisotopic (exact) mass is 280 g/mol. The van der Waals surface area contributed by atoms with Gasteiger partial charge in [0.2, 0.25) is 5.91 Å². The zero-order valence-corrected chi connectivity index (χ0v) is 10.6. The van der Waals surface area contributed by atoms with Gasteiger partial charge < -0.3 is 15.7 Å². The molecule has 0 aromatic heterocycles. The van der Waals surface area contributed by atoms with Crippen LogP contribution < -0.4 is 10.6 Å². The molecule has 0 aromatic carbocycles. The number of carbonyl (C=O) groups excluding carboxylic acids is 1. The van der Waals surface area contributed by atoms with E-state index in [1.807, 2.05) is 0 Å². The molecule has 3 N–H and O–H groups in total. The topological polar surface area (TPSA) is 61.4 Å². The lowest BCUT2D eigenvalue weighted by molar-refractivity contribution is -0.216. The van der Waals surface area contributed by atoms with Crippen molar-refractivity contribution in [1.82, 2.24) is 10.6 Å². The van der Waals surface area contributed by atoms with Crippen molar-refractivity contribution in [1.29, 1.82) is 0 Å². The zero-order chi connectivity index (χ0) is 14.1. The highest BCUT2D eigenvalue weighted by Gasteiger charge is 2.61. The van der Waals surface area contributed by atoms with Crippen LogP contribution in [0.2, 0.25) is 0 Å². The first-order valence-electron chi connectivity index (χ1n) is 6.62. The van der Waals surface area contributed by atoms with E-state index in [0.717, 1.165) is 6.42 Å². The number of aliphatic hydroxyl groups is 1. The molecule has 1 saturated carbocycles. The summed E-state index contributed by atoms with van der Waals surface area (Å²) >= 11 is 0. The van der Waals surface area contributed by atoms with Crippen molar-refractivity contribution in [2.75, 3.05) is 13.1 Å². The second-order valence-electron chi connectivity index (χ2n) is 5.50. The van der Waals surface area contributed by atoms with Gasteiger partial charge in [-0.1, -0.05) is 0 Å². The third kappa shape index (κ3) is 2.86. The number of halogens is 3. The Bertz CT molecular complexity index is 340. The summed E-state index contributed by atoms with van der Waals surface area (Å²) in [6.07, 6.45) is -2.95. The van der Waals surface area contributed by atoms with Gasteiger partial charge in [-0.2, -0.15) is 13.2 Å². The molecule has 1 saturated heterocycles. The van der Waals surface area contributed by atoms with Gasteiger partial charge in [0, 0.05) is 12.6 Å². The number of hydrogen-bond acceptors (Lipinski definition) is 3. The normalized spacial score (nSPS) is 36.2. The molecule has 3 atom stereocenters. The Hall–Kier alpha value is -0.820. The van der Waals surface area contributed by atoms with E-state index in [2.05, 4.69) is 10.6 Å². The minimum Gasteiger partial charge on any atom is -0.393 e. The van der Waals surface area contributed by atoms with E-state index in [-0.39, 0.29) is 25.6 Å². The average Bonchev–Trinajstić information content (AvgIpc) is 2.78. The molecule has 3 unspecified atom stereocenters. The van der Waals surface area contributed by atoms with Crippen molar-refractivity contribution in [3.63, 3.8) is 0 Å². The van der Waals surface area contributed by atoms with E-state index in [9.17, 15) is 23.1 Å². The number of nitrogens with one attached hydrogen (secondary N) is 2. The summed E-state index contributed by atoms with van der Waals surface area (Å²) in [7, 11) is 0. The highest BCUT2D eigenvalue weighted by molar-refractivity contribution is 5.84. The molecule has 1 aliphatic heterocycles. The number of amides is 1. The standard InChI is InChI=1S/C12H19F3N2O2/c13-12(14,15)11(4-5-16-7-11)10(19)17-8-2-1-3-9(18)6-8/h8-9,16,18H,1-7H2,(H,17,19). The summed E-state index contributed by atoms with van der Waals surface area (Å²) in [5.41, 5.74) is -2.31. The molecule has 1 amide bonds. The molecule has 0 bridgehead atoms. The zero-order valence-electron chi connectivity index (χ0n) is 10.6. The molecule has 7 heteroatoms. The maximum atomic E-state index is 13.1. The van der Waals surface area contributed by atoms with Crippen LogP contribution in [0.5, 0.6) is 0 Å². The van der Waals surface area contributed by atoms with Gasteiger partial charge in [-0.25, -0.2) is 0 Å². The van der Waals surface area contributed by atoms with E-state index in [1.165, 1.54) is 0 Å². The van der Waals surface area contributed by atoms with Crippen molar-refractivity contribution in [2.45, 2.75) is 50.4 Å². The first kappa shape index (κ1) is 14.6. The Labute approximate surface area is 109 Å². The lowest BCUT2D eigenvalue weighted by atomic mass is 9.84. The molecule has 2 aliphatic rings. The highest BCUT2D eigenvalue weighted by atomic mass is 19.4. The van der Waals surface area contributed by atoms with Crippen molar-refractivity contribution < 1.29 is 23.1 Å². The van der Waals surface area contributed by atoms with Crippen LogP contribution in [0.15, 0.2) is 0 Å². The Kier molecular flexibility index (Phi) is 4.06. The minimum atomic E-state index is -4.55. The maximum Gasteiger partial charge on any atom is 0.404 e. The van der Waals surface area contributed by atoms with Crippen LogP contribution in [0.25, 0.3) is 0 Å². The SMILES string of the molecule is O=C(NC1CCCC(O)C1)C1(C(F)(F)F)CCNC1. The number of carbonyl (C=O) groups is 1. The largest absolute Gasteiger partial charge is 0.404 e. The Morgan fingerprint density at radius 1 is 1.37 bits per heavy atom. The van der Waals surface area contributed by atoms with E-state index in [0.29, 0.717) is 19.3 Å². The lowest BCUT2D eigenvalue weighted by Gasteiger charge is -2.33. The molecule has 4 nitrogen and oxygen atoms in total. The molecule has 19 heavy (non-hydrogen) atoms.